The van der Waals surface area contributed by atoms with Crippen molar-refractivity contribution in [2.45, 2.75) is 32.4 Å². The average molecular weight is 532 g/mol. The van der Waals surface area contributed by atoms with Crippen LogP contribution in [0.25, 0.3) is 33.3 Å². The lowest BCUT2D eigenvalue weighted by molar-refractivity contribution is 0.220. The van der Waals surface area contributed by atoms with Gasteiger partial charge in [-0.3, -0.25) is 0 Å². The number of aromatic nitrogens is 3. The molecule has 2 heterocycles. The van der Waals surface area contributed by atoms with Gasteiger partial charge in [0.15, 0.2) is 0 Å². The van der Waals surface area contributed by atoms with Gasteiger partial charge >= 0.3 is 0 Å². The molecular weight excluding hydrogens is 505 g/mol. The van der Waals surface area contributed by atoms with Crippen molar-refractivity contribution < 1.29 is 9.84 Å². The molecule has 3 aromatic carbocycles. The molecule has 0 saturated heterocycles. The topological polar surface area (TPSA) is 60.2 Å². The van der Waals surface area contributed by atoms with Gasteiger partial charge in [0.1, 0.15) is 6.10 Å². The summed E-state index contributed by atoms with van der Waals surface area (Å²) in [5, 5.41) is 13.4. The third-order valence-corrected chi connectivity index (χ3v) is 6.99. The SMILES string of the molecule is CCCCn1cncc1-c1c(OC)nc2ccc(C(O)c3ccc(Cl)cc3)cc2c1-c1cccc(Cl)c1. The van der Waals surface area contributed by atoms with Crippen molar-refractivity contribution in [1.82, 2.24) is 14.5 Å². The van der Waals surface area contributed by atoms with Crippen molar-refractivity contribution in [1.29, 1.82) is 0 Å². The number of aliphatic hydroxyl groups is 1. The van der Waals surface area contributed by atoms with Crippen molar-refractivity contribution in [3.05, 3.63) is 100 Å². The van der Waals surface area contributed by atoms with Gasteiger partial charge in [0.05, 0.1) is 36.4 Å². The third-order valence-electron chi connectivity index (χ3n) is 6.50. The minimum Gasteiger partial charge on any atom is -0.480 e. The van der Waals surface area contributed by atoms with Crippen LogP contribution in [-0.2, 0) is 6.54 Å². The van der Waals surface area contributed by atoms with Crippen LogP contribution in [0.5, 0.6) is 5.88 Å². The summed E-state index contributed by atoms with van der Waals surface area (Å²) in [6.07, 6.45) is 4.96. The fourth-order valence-corrected chi connectivity index (χ4v) is 4.95. The summed E-state index contributed by atoms with van der Waals surface area (Å²) in [5.41, 5.74) is 5.86. The second-order valence-corrected chi connectivity index (χ2v) is 9.81. The molecule has 1 unspecified atom stereocenters. The highest BCUT2D eigenvalue weighted by Gasteiger charge is 2.23. The van der Waals surface area contributed by atoms with Crippen LogP contribution in [0.2, 0.25) is 10.0 Å². The Bertz CT molecular complexity index is 1550. The summed E-state index contributed by atoms with van der Waals surface area (Å²) in [5.74, 6) is 0.506. The molecule has 1 N–H and O–H groups in total. The maximum atomic E-state index is 11.2. The van der Waals surface area contributed by atoms with E-state index in [2.05, 4.69) is 16.5 Å². The van der Waals surface area contributed by atoms with Gasteiger partial charge in [-0.05, 0) is 59.5 Å². The maximum absolute atomic E-state index is 11.2. The molecule has 0 spiro atoms. The normalized spacial score (nSPS) is 12.1. The summed E-state index contributed by atoms with van der Waals surface area (Å²) in [6, 6.07) is 20.8. The van der Waals surface area contributed by atoms with Crippen LogP contribution < -0.4 is 4.74 Å². The summed E-state index contributed by atoms with van der Waals surface area (Å²) in [7, 11) is 1.63. The van der Waals surface area contributed by atoms with Crippen molar-refractivity contribution in [2.24, 2.45) is 0 Å². The minimum absolute atomic E-state index is 0.506. The number of aliphatic hydroxyl groups excluding tert-OH is 1. The van der Waals surface area contributed by atoms with Crippen LogP contribution >= 0.6 is 23.2 Å². The number of fused-ring (bicyclic) bond motifs is 1. The Morgan fingerprint density at radius 2 is 1.73 bits per heavy atom. The Morgan fingerprint density at radius 3 is 2.46 bits per heavy atom. The Morgan fingerprint density at radius 1 is 0.946 bits per heavy atom. The minimum atomic E-state index is -0.825. The quantitative estimate of drug-likeness (QED) is 0.220. The molecule has 0 radical (unpaired) electrons. The van der Waals surface area contributed by atoms with Crippen LogP contribution in [0.4, 0.5) is 0 Å². The molecule has 2 aromatic heterocycles. The van der Waals surface area contributed by atoms with E-state index in [-0.39, 0.29) is 0 Å². The van der Waals surface area contributed by atoms with Crippen LogP contribution in [0, 0.1) is 0 Å². The number of unbranched alkanes of at least 4 members (excludes halogenated alkanes) is 1. The smallest absolute Gasteiger partial charge is 0.223 e. The van der Waals surface area contributed by atoms with E-state index in [4.69, 9.17) is 32.9 Å². The largest absolute Gasteiger partial charge is 0.480 e. The molecule has 0 amide bonds. The zero-order valence-electron chi connectivity index (χ0n) is 20.7. The standard InChI is InChI=1S/C30H27Cl2N3O2/c1-3-4-14-35-18-33-17-26(35)28-27(20-6-5-7-23(32)15-20)24-16-21(10-13-25(24)34-30(28)37-2)29(36)19-8-11-22(31)12-9-19/h5-13,15-18,29,36H,3-4,14H2,1-2H3. The van der Waals surface area contributed by atoms with Crippen molar-refractivity contribution in [2.75, 3.05) is 7.11 Å². The van der Waals surface area contributed by atoms with Crippen LogP contribution in [0.15, 0.2) is 79.3 Å². The van der Waals surface area contributed by atoms with Crippen LogP contribution in [0.1, 0.15) is 37.0 Å². The van der Waals surface area contributed by atoms with E-state index in [0.29, 0.717) is 15.9 Å². The van der Waals surface area contributed by atoms with E-state index in [1.807, 2.05) is 67.1 Å². The molecule has 5 nitrogen and oxygen atoms in total. The number of benzene rings is 3. The predicted octanol–water partition coefficient (Wildman–Crippen LogP) is 7.96. The second-order valence-electron chi connectivity index (χ2n) is 8.94. The molecular formula is C30H27Cl2N3O2. The Balaban J connectivity index is 1.79. The molecule has 188 valence electrons. The number of hydrogen-bond acceptors (Lipinski definition) is 4. The molecule has 5 rings (SSSR count). The fourth-order valence-electron chi connectivity index (χ4n) is 4.63. The molecule has 0 saturated carbocycles. The summed E-state index contributed by atoms with van der Waals surface area (Å²) >= 11 is 12.5. The highest BCUT2D eigenvalue weighted by atomic mass is 35.5. The molecule has 1 atom stereocenters. The van der Waals surface area contributed by atoms with Gasteiger partial charge in [0.25, 0.3) is 0 Å². The summed E-state index contributed by atoms with van der Waals surface area (Å²) < 4.78 is 7.97. The first-order valence-corrected chi connectivity index (χ1v) is 13.0. The van der Waals surface area contributed by atoms with Crippen LogP contribution in [-0.4, -0.2) is 26.8 Å². The first-order chi connectivity index (χ1) is 18.0. The number of ether oxygens (including phenoxy) is 1. The van der Waals surface area contributed by atoms with Gasteiger partial charge in [0.2, 0.25) is 5.88 Å². The lowest BCUT2D eigenvalue weighted by atomic mass is 9.92. The number of hydrogen-bond donors (Lipinski definition) is 1. The van der Waals surface area contributed by atoms with Gasteiger partial charge in [0, 0.05) is 27.5 Å². The number of nitrogens with zero attached hydrogens (tertiary/aromatic N) is 3. The van der Waals surface area contributed by atoms with E-state index in [1.54, 1.807) is 19.2 Å². The number of aryl methyl sites for hydroxylation is 1. The fraction of sp³-hybridized carbons (Fsp3) is 0.200. The Labute approximate surface area is 226 Å². The number of methoxy groups -OCH3 is 1. The van der Waals surface area contributed by atoms with E-state index < -0.39 is 6.10 Å². The van der Waals surface area contributed by atoms with Gasteiger partial charge in [-0.2, -0.15) is 0 Å². The Hall–Kier alpha value is -3.38. The monoisotopic (exact) mass is 531 g/mol. The van der Waals surface area contributed by atoms with Crippen molar-refractivity contribution in [3.63, 3.8) is 0 Å². The average Bonchev–Trinajstić information content (AvgIpc) is 3.38. The highest BCUT2D eigenvalue weighted by Crippen LogP contribution is 2.44. The van der Waals surface area contributed by atoms with Crippen molar-refractivity contribution in [3.8, 4) is 28.3 Å². The molecule has 0 fully saturated rings. The molecule has 7 heteroatoms. The zero-order valence-corrected chi connectivity index (χ0v) is 22.2. The van der Waals surface area contributed by atoms with Gasteiger partial charge in [-0.15, -0.1) is 0 Å². The number of rotatable bonds is 8. The molecule has 37 heavy (non-hydrogen) atoms. The summed E-state index contributed by atoms with van der Waals surface area (Å²) in [4.78, 5) is 9.32. The van der Waals surface area contributed by atoms with E-state index >= 15 is 0 Å². The highest BCUT2D eigenvalue weighted by molar-refractivity contribution is 6.31. The number of imidazole rings is 1. The molecule has 0 aliphatic carbocycles. The van der Waals surface area contributed by atoms with Gasteiger partial charge in [-0.25, -0.2) is 9.97 Å². The number of halogens is 2. The van der Waals surface area contributed by atoms with E-state index in [1.165, 1.54) is 0 Å². The molecule has 5 aromatic rings. The second kappa shape index (κ2) is 10.9. The third kappa shape index (κ3) is 5.08. The zero-order chi connectivity index (χ0) is 25.9. The molecule has 0 aliphatic heterocycles. The lowest BCUT2D eigenvalue weighted by Gasteiger charge is -2.19. The van der Waals surface area contributed by atoms with E-state index in [9.17, 15) is 5.11 Å². The van der Waals surface area contributed by atoms with Gasteiger partial charge in [-0.1, -0.05) is 66.9 Å². The summed E-state index contributed by atoms with van der Waals surface area (Å²) in [6.45, 7) is 3.00. The van der Waals surface area contributed by atoms with E-state index in [0.717, 1.165) is 63.8 Å². The maximum Gasteiger partial charge on any atom is 0.223 e. The van der Waals surface area contributed by atoms with Crippen LogP contribution in [0.3, 0.4) is 0 Å². The molecule has 0 bridgehead atoms. The first-order valence-electron chi connectivity index (χ1n) is 12.2. The van der Waals surface area contributed by atoms with Gasteiger partial charge < -0.3 is 14.4 Å². The Kier molecular flexibility index (Phi) is 7.47. The molecule has 0 aliphatic rings. The first kappa shape index (κ1) is 25.3. The van der Waals surface area contributed by atoms with Crippen molar-refractivity contribution >= 4 is 34.1 Å². The predicted molar refractivity (Wildman–Crippen MR) is 150 cm³/mol. The number of pyridine rings is 1. The lowest BCUT2D eigenvalue weighted by Crippen LogP contribution is -2.04.